The predicted octanol–water partition coefficient (Wildman–Crippen LogP) is 0.665. The van der Waals surface area contributed by atoms with E-state index in [4.69, 9.17) is 0 Å². The van der Waals surface area contributed by atoms with Crippen LogP contribution in [0.25, 0.3) is 0 Å². The molecular weight excluding hydrogens is 242 g/mol. The van der Waals surface area contributed by atoms with Crippen molar-refractivity contribution in [3.8, 4) is 0 Å². The number of amides is 1. The van der Waals surface area contributed by atoms with Crippen LogP contribution in [0.5, 0.6) is 0 Å². The first-order valence-electron chi connectivity index (χ1n) is 6.37. The summed E-state index contributed by atoms with van der Waals surface area (Å²) in [5.41, 5.74) is 0.361. The van der Waals surface area contributed by atoms with Gasteiger partial charge in [-0.05, 0) is 12.3 Å². The Morgan fingerprint density at radius 1 is 1.37 bits per heavy atom. The minimum Gasteiger partial charge on any atom is -0.350 e. The SMILES string of the molecule is O=C(NC[C@H]1CCn2ccnc2C1)c1cnccn1. The topological polar surface area (TPSA) is 72.7 Å². The quantitative estimate of drug-likeness (QED) is 0.877. The lowest BCUT2D eigenvalue weighted by Gasteiger charge is -2.23. The number of rotatable bonds is 3. The lowest BCUT2D eigenvalue weighted by atomic mass is 9.98. The van der Waals surface area contributed by atoms with Crippen LogP contribution in [-0.2, 0) is 13.0 Å². The molecule has 2 aromatic rings. The average Bonchev–Trinajstić information content (AvgIpc) is 2.93. The second-order valence-corrected chi connectivity index (χ2v) is 4.70. The molecular formula is C13H15N5O. The summed E-state index contributed by atoms with van der Waals surface area (Å²) >= 11 is 0. The van der Waals surface area contributed by atoms with Crippen LogP contribution >= 0.6 is 0 Å². The molecule has 0 aliphatic carbocycles. The Hall–Kier alpha value is -2.24. The standard InChI is InChI=1S/C13H15N5O/c19-13(11-9-14-2-3-15-11)17-8-10-1-5-18-6-4-16-12(18)7-10/h2-4,6,9-10H,1,5,7-8H2,(H,17,19)/t10-/m0/s1. The number of nitrogens with zero attached hydrogens (tertiary/aromatic N) is 4. The minimum atomic E-state index is -0.165. The van der Waals surface area contributed by atoms with Crippen molar-refractivity contribution >= 4 is 5.91 Å². The van der Waals surface area contributed by atoms with Crippen LogP contribution in [0.15, 0.2) is 31.0 Å². The minimum absolute atomic E-state index is 0.165. The van der Waals surface area contributed by atoms with Crippen molar-refractivity contribution in [3.05, 3.63) is 42.5 Å². The summed E-state index contributed by atoms with van der Waals surface area (Å²) in [6.07, 6.45) is 10.4. The number of hydrogen-bond donors (Lipinski definition) is 1. The van der Waals surface area contributed by atoms with E-state index >= 15 is 0 Å². The molecule has 1 amide bonds. The Balaban J connectivity index is 1.55. The summed E-state index contributed by atoms with van der Waals surface area (Å²) in [4.78, 5) is 24.0. The molecule has 2 aromatic heterocycles. The van der Waals surface area contributed by atoms with Gasteiger partial charge >= 0.3 is 0 Å². The van der Waals surface area contributed by atoms with E-state index in [1.165, 1.54) is 12.4 Å². The summed E-state index contributed by atoms with van der Waals surface area (Å²) in [5.74, 6) is 1.38. The summed E-state index contributed by atoms with van der Waals surface area (Å²) in [6, 6.07) is 0. The fourth-order valence-electron chi connectivity index (χ4n) is 2.33. The molecule has 0 radical (unpaired) electrons. The molecule has 0 bridgehead atoms. The number of carbonyl (C=O) groups is 1. The van der Waals surface area contributed by atoms with Gasteiger partial charge in [-0.2, -0.15) is 0 Å². The van der Waals surface area contributed by atoms with Crippen LogP contribution in [0.3, 0.4) is 0 Å². The van der Waals surface area contributed by atoms with Gasteiger partial charge < -0.3 is 9.88 Å². The van der Waals surface area contributed by atoms with Gasteiger partial charge in [0, 0.05) is 44.3 Å². The van der Waals surface area contributed by atoms with Crippen molar-refractivity contribution in [1.82, 2.24) is 24.8 Å². The van der Waals surface area contributed by atoms with Gasteiger partial charge in [-0.25, -0.2) is 9.97 Å². The molecule has 6 heteroatoms. The molecule has 19 heavy (non-hydrogen) atoms. The van der Waals surface area contributed by atoms with E-state index in [0.29, 0.717) is 18.2 Å². The number of hydrogen-bond acceptors (Lipinski definition) is 4. The number of aryl methyl sites for hydroxylation is 1. The van der Waals surface area contributed by atoms with Gasteiger partial charge in [0.2, 0.25) is 0 Å². The fraction of sp³-hybridized carbons (Fsp3) is 0.385. The third-order valence-corrected chi connectivity index (χ3v) is 3.40. The molecule has 0 spiro atoms. The van der Waals surface area contributed by atoms with E-state index in [9.17, 15) is 4.79 Å². The summed E-state index contributed by atoms with van der Waals surface area (Å²) in [7, 11) is 0. The van der Waals surface area contributed by atoms with Crippen LogP contribution in [0, 0.1) is 5.92 Å². The van der Waals surface area contributed by atoms with E-state index in [0.717, 1.165) is 25.2 Å². The maximum absolute atomic E-state index is 11.8. The zero-order valence-corrected chi connectivity index (χ0v) is 10.5. The monoisotopic (exact) mass is 257 g/mol. The smallest absolute Gasteiger partial charge is 0.271 e. The summed E-state index contributed by atoms with van der Waals surface area (Å²) in [5, 5.41) is 2.91. The highest BCUT2D eigenvalue weighted by Gasteiger charge is 2.20. The highest BCUT2D eigenvalue weighted by molar-refractivity contribution is 5.91. The van der Waals surface area contributed by atoms with Crippen molar-refractivity contribution in [3.63, 3.8) is 0 Å². The highest BCUT2D eigenvalue weighted by Crippen LogP contribution is 2.18. The molecule has 0 saturated carbocycles. The van der Waals surface area contributed by atoms with Gasteiger partial charge in [0.15, 0.2) is 0 Å². The first-order chi connectivity index (χ1) is 9.33. The molecule has 3 rings (SSSR count). The van der Waals surface area contributed by atoms with E-state index in [1.54, 1.807) is 6.20 Å². The van der Waals surface area contributed by atoms with Gasteiger partial charge in [-0.3, -0.25) is 9.78 Å². The van der Waals surface area contributed by atoms with Gasteiger partial charge in [0.05, 0.1) is 6.20 Å². The largest absolute Gasteiger partial charge is 0.350 e. The number of carbonyl (C=O) groups excluding carboxylic acids is 1. The van der Waals surface area contributed by atoms with Crippen LogP contribution < -0.4 is 5.32 Å². The number of fused-ring (bicyclic) bond motifs is 1. The Kier molecular flexibility index (Phi) is 3.22. The van der Waals surface area contributed by atoms with Crippen molar-refractivity contribution in [2.45, 2.75) is 19.4 Å². The molecule has 6 nitrogen and oxygen atoms in total. The molecule has 1 atom stereocenters. The van der Waals surface area contributed by atoms with E-state index in [-0.39, 0.29) is 5.91 Å². The average molecular weight is 257 g/mol. The van der Waals surface area contributed by atoms with Crippen LogP contribution in [0.4, 0.5) is 0 Å². The fourth-order valence-corrected chi connectivity index (χ4v) is 2.33. The molecule has 1 aliphatic heterocycles. The number of nitrogens with one attached hydrogen (secondary N) is 1. The Morgan fingerprint density at radius 3 is 3.16 bits per heavy atom. The third-order valence-electron chi connectivity index (χ3n) is 3.40. The summed E-state index contributed by atoms with van der Waals surface area (Å²) in [6.45, 7) is 1.63. The molecule has 0 saturated heterocycles. The van der Waals surface area contributed by atoms with Gasteiger partial charge in [-0.1, -0.05) is 0 Å². The normalized spacial score (nSPS) is 17.8. The van der Waals surface area contributed by atoms with Crippen LogP contribution in [0.1, 0.15) is 22.7 Å². The lowest BCUT2D eigenvalue weighted by molar-refractivity contribution is 0.0939. The molecule has 3 heterocycles. The molecule has 0 fully saturated rings. The first-order valence-corrected chi connectivity index (χ1v) is 6.37. The second-order valence-electron chi connectivity index (χ2n) is 4.70. The zero-order chi connectivity index (χ0) is 13.1. The Morgan fingerprint density at radius 2 is 2.32 bits per heavy atom. The molecule has 1 N–H and O–H groups in total. The van der Waals surface area contributed by atoms with Crippen molar-refractivity contribution < 1.29 is 4.79 Å². The maximum Gasteiger partial charge on any atom is 0.271 e. The lowest BCUT2D eigenvalue weighted by Crippen LogP contribution is -2.33. The van der Waals surface area contributed by atoms with Gasteiger partial charge in [0.1, 0.15) is 11.5 Å². The molecule has 0 aromatic carbocycles. The van der Waals surface area contributed by atoms with E-state index in [1.807, 2.05) is 12.4 Å². The van der Waals surface area contributed by atoms with Gasteiger partial charge in [0.25, 0.3) is 5.91 Å². The zero-order valence-electron chi connectivity index (χ0n) is 10.5. The first kappa shape index (κ1) is 11.8. The maximum atomic E-state index is 11.8. The van der Waals surface area contributed by atoms with Crippen LogP contribution in [0.2, 0.25) is 0 Å². The number of aromatic nitrogens is 4. The highest BCUT2D eigenvalue weighted by atomic mass is 16.1. The van der Waals surface area contributed by atoms with E-state index in [2.05, 4.69) is 24.8 Å². The molecule has 98 valence electrons. The molecule has 1 aliphatic rings. The van der Waals surface area contributed by atoms with E-state index < -0.39 is 0 Å². The van der Waals surface area contributed by atoms with Gasteiger partial charge in [-0.15, -0.1) is 0 Å². The molecule has 0 unspecified atom stereocenters. The van der Waals surface area contributed by atoms with Crippen molar-refractivity contribution in [2.75, 3.05) is 6.54 Å². The van der Waals surface area contributed by atoms with Crippen LogP contribution in [-0.4, -0.2) is 32.0 Å². The van der Waals surface area contributed by atoms with Crippen molar-refractivity contribution in [2.24, 2.45) is 5.92 Å². The predicted molar refractivity (Wildman–Crippen MR) is 68.4 cm³/mol. The number of imidazole rings is 1. The second kappa shape index (κ2) is 5.17. The Labute approximate surface area is 110 Å². The Bertz CT molecular complexity index is 565. The van der Waals surface area contributed by atoms with Crippen molar-refractivity contribution in [1.29, 1.82) is 0 Å². The summed E-state index contributed by atoms with van der Waals surface area (Å²) < 4.78 is 2.17. The third kappa shape index (κ3) is 2.62.